The van der Waals surface area contributed by atoms with Gasteiger partial charge in [-0.2, -0.15) is 0 Å². The summed E-state index contributed by atoms with van der Waals surface area (Å²) in [6.07, 6.45) is 0.895. The lowest BCUT2D eigenvalue weighted by Crippen LogP contribution is -2.66. The number of hydrogen-bond donors (Lipinski definition) is 2. The fourth-order valence-corrected chi connectivity index (χ4v) is 4.07. The van der Waals surface area contributed by atoms with E-state index in [-0.39, 0.29) is 47.9 Å². The predicted octanol–water partition coefficient (Wildman–Crippen LogP) is 3.57. The number of aromatic nitrogens is 1. The van der Waals surface area contributed by atoms with Gasteiger partial charge in [-0.3, -0.25) is 9.59 Å². The lowest BCUT2D eigenvalue weighted by atomic mass is 9.70. The van der Waals surface area contributed by atoms with Gasteiger partial charge in [0.25, 0.3) is 5.91 Å². The van der Waals surface area contributed by atoms with Crippen LogP contribution in [0.5, 0.6) is 0 Å². The first-order valence-electron chi connectivity index (χ1n) is 10.4. The number of halogens is 1. The Balaban J connectivity index is 2.01. The zero-order valence-electron chi connectivity index (χ0n) is 18.6. The minimum absolute atomic E-state index is 0.138. The standard InChI is InChI=1S/C23H27ClN4O4/c1-5-32-22(31)28-12-23(13-28,17-9-7-6-8-15(17)14(2)3)21(30)27-18-11-26-19(24)10-16(18)20(29)25-4/h6-11,14H,5,12-13H2,1-4H3,(H,25,29)(H,27,30). The largest absolute Gasteiger partial charge is 0.450 e. The molecule has 1 aromatic carbocycles. The number of carbonyl (C=O) groups is 3. The summed E-state index contributed by atoms with van der Waals surface area (Å²) >= 11 is 5.96. The van der Waals surface area contributed by atoms with Crippen molar-refractivity contribution >= 4 is 35.2 Å². The van der Waals surface area contributed by atoms with E-state index in [0.717, 1.165) is 11.1 Å². The molecule has 0 saturated carbocycles. The van der Waals surface area contributed by atoms with Crippen molar-refractivity contribution in [3.8, 4) is 0 Å². The molecule has 2 N–H and O–H groups in total. The monoisotopic (exact) mass is 458 g/mol. The Bertz CT molecular complexity index is 1030. The molecule has 0 unspecified atom stereocenters. The predicted molar refractivity (Wildman–Crippen MR) is 122 cm³/mol. The minimum Gasteiger partial charge on any atom is -0.450 e. The van der Waals surface area contributed by atoms with Crippen molar-refractivity contribution in [1.29, 1.82) is 0 Å². The van der Waals surface area contributed by atoms with Gasteiger partial charge in [-0.1, -0.05) is 49.7 Å². The summed E-state index contributed by atoms with van der Waals surface area (Å²) in [6.45, 7) is 6.43. The number of nitrogens with zero attached hydrogens (tertiary/aromatic N) is 2. The highest BCUT2D eigenvalue weighted by Gasteiger charge is 2.54. The molecule has 9 heteroatoms. The maximum absolute atomic E-state index is 13.7. The van der Waals surface area contributed by atoms with Crippen LogP contribution < -0.4 is 10.6 Å². The Morgan fingerprint density at radius 2 is 1.94 bits per heavy atom. The van der Waals surface area contributed by atoms with Crippen molar-refractivity contribution in [2.24, 2.45) is 0 Å². The van der Waals surface area contributed by atoms with E-state index in [9.17, 15) is 14.4 Å². The Kier molecular flexibility index (Phi) is 7.03. The van der Waals surface area contributed by atoms with E-state index in [0.29, 0.717) is 0 Å². The van der Waals surface area contributed by atoms with Gasteiger partial charge in [-0.25, -0.2) is 9.78 Å². The molecule has 3 rings (SSSR count). The van der Waals surface area contributed by atoms with Crippen LogP contribution in [0.1, 0.15) is 48.2 Å². The van der Waals surface area contributed by atoms with Gasteiger partial charge in [0.2, 0.25) is 5.91 Å². The van der Waals surface area contributed by atoms with Gasteiger partial charge in [-0.05, 0) is 30.0 Å². The highest BCUT2D eigenvalue weighted by molar-refractivity contribution is 6.30. The first-order valence-corrected chi connectivity index (χ1v) is 10.8. The fourth-order valence-electron chi connectivity index (χ4n) is 3.92. The van der Waals surface area contributed by atoms with Crippen LogP contribution in [0.15, 0.2) is 36.5 Å². The van der Waals surface area contributed by atoms with E-state index in [4.69, 9.17) is 16.3 Å². The van der Waals surface area contributed by atoms with E-state index in [1.165, 1.54) is 24.2 Å². The molecule has 1 saturated heterocycles. The number of rotatable bonds is 6. The summed E-state index contributed by atoms with van der Waals surface area (Å²) in [6, 6.07) is 9.11. The molecule has 1 fully saturated rings. The minimum atomic E-state index is -0.993. The average molecular weight is 459 g/mol. The molecule has 2 heterocycles. The molecule has 0 bridgehead atoms. The quantitative estimate of drug-likeness (QED) is 0.644. The smallest absolute Gasteiger partial charge is 0.409 e. The third-order valence-corrected chi connectivity index (χ3v) is 5.78. The summed E-state index contributed by atoms with van der Waals surface area (Å²) in [5.41, 5.74) is 1.32. The van der Waals surface area contributed by atoms with Crippen molar-refractivity contribution in [2.75, 3.05) is 32.1 Å². The van der Waals surface area contributed by atoms with Gasteiger partial charge >= 0.3 is 6.09 Å². The van der Waals surface area contributed by atoms with Crippen molar-refractivity contribution < 1.29 is 19.1 Å². The second-order valence-electron chi connectivity index (χ2n) is 7.96. The second kappa shape index (κ2) is 9.56. The van der Waals surface area contributed by atoms with Gasteiger partial charge < -0.3 is 20.3 Å². The van der Waals surface area contributed by atoms with Crippen LogP contribution in [0.2, 0.25) is 5.15 Å². The first-order chi connectivity index (χ1) is 15.2. The third kappa shape index (κ3) is 4.41. The molecule has 0 radical (unpaired) electrons. The SMILES string of the molecule is CCOC(=O)N1CC(C(=O)Nc2cnc(Cl)cc2C(=O)NC)(c2ccccc2C(C)C)C1. The molecule has 0 atom stereocenters. The Labute approximate surface area is 192 Å². The molecule has 8 nitrogen and oxygen atoms in total. The normalized spacial score (nSPS) is 14.5. The number of anilines is 1. The average Bonchev–Trinajstić information content (AvgIpc) is 2.74. The number of likely N-dealkylation sites (tertiary alicyclic amines) is 1. The highest BCUT2D eigenvalue weighted by atomic mass is 35.5. The maximum atomic E-state index is 13.7. The zero-order valence-corrected chi connectivity index (χ0v) is 19.3. The molecule has 3 amide bonds. The van der Waals surface area contributed by atoms with E-state index in [2.05, 4.69) is 29.5 Å². The molecule has 2 aromatic rings. The lowest BCUT2D eigenvalue weighted by molar-refractivity contribution is -0.127. The van der Waals surface area contributed by atoms with Crippen LogP contribution in [-0.2, 0) is 14.9 Å². The summed E-state index contributed by atoms with van der Waals surface area (Å²) in [5.74, 6) is -0.561. The second-order valence-corrected chi connectivity index (χ2v) is 8.35. The zero-order chi connectivity index (χ0) is 23.5. The van der Waals surface area contributed by atoms with Gasteiger partial charge in [-0.15, -0.1) is 0 Å². The number of pyridine rings is 1. The lowest BCUT2D eigenvalue weighted by Gasteiger charge is -2.49. The molecule has 1 aromatic heterocycles. The van der Waals surface area contributed by atoms with Crippen LogP contribution in [0, 0.1) is 0 Å². The van der Waals surface area contributed by atoms with E-state index >= 15 is 0 Å². The Hall–Kier alpha value is -3.13. The first kappa shape index (κ1) is 23.5. The molecule has 0 aliphatic carbocycles. The van der Waals surface area contributed by atoms with E-state index < -0.39 is 17.4 Å². The molecule has 0 spiro atoms. The fraction of sp³-hybridized carbons (Fsp3) is 0.391. The topological polar surface area (TPSA) is 101 Å². The van der Waals surface area contributed by atoms with Crippen molar-refractivity contribution in [2.45, 2.75) is 32.1 Å². The van der Waals surface area contributed by atoms with Gasteiger partial charge in [0.05, 0.1) is 24.1 Å². The number of ether oxygens (including phenoxy) is 1. The summed E-state index contributed by atoms with van der Waals surface area (Å²) in [5, 5.41) is 5.52. The number of hydrogen-bond acceptors (Lipinski definition) is 5. The van der Waals surface area contributed by atoms with Crippen molar-refractivity contribution in [3.63, 3.8) is 0 Å². The van der Waals surface area contributed by atoms with Crippen molar-refractivity contribution in [1.82, 2.24) is 15.2 Å². The summed E-state index contributed by atoms with van der Waals surface area (Å²) in [7, 11) is 1.49. The maximum Gasteiger partial charge on any atom is 0.409 e. The molecular weight excluding hydrogens is 432 g/mol. The van der Waals surface area contributed by atoms with Gasteiger partial charge in [0.15, 0.2) is 0 Å². The number of amides is 3. The van der Waals surface area contributed by atoms with Crippen LogP contribution in [-0.4, -0.2) is 54.5 Å². The third-order valence-electron chi connectivity index (χ3n) is 5.57. The molecule has 32 heavy (non-hydrogen) atoms. The Morgan fingerprint density at radius 3 is 2.56 bits per heavy atom. The molecule has 1 aliphatic rings. The van der Waals surface area contributed by atoms with Crippen LogP contribution in [0.4, 0.5) is 10.5 Å². The molecular formula is C23H27ClN4O4. The number of carbonyl (C=O) groups excluding carboxylic acids is 3. The van der Waals surface area contributed by atoms with Crippen molar-refractivity contribution in [3.05, 3.63) is 58.4 Å². The Morgan fingerprint density at radius 1 is 1.25 bits per heavy atom. The van der Waals surface area contributed by atoms with E-state index in [1.54, 1.807) is 6.92 Å². The number of benzene rings is 1. The van der Waals surface area contributed by atoms with Crippen LogP contribution >= 0.6 is 11.6 Å². The van der Waals surface area contributed by atoms with Gasteiger partial charge in [0.1, 0.15) is 10.6 Å². The number of nitrogens with one attached hydrogen (secondary N) is 2. The summed E-state index contributed by atoms with van der Waals surface area (Å²) in [4.78, 5) is 43.8. The highest BCUT2D eigenvalue weighted by Crippen LogP contribution is 2.40. The molecule has 170 valence electrons. The van der Waals surface area contributed by atoms with Gasteiger partial charge in [0, 0.05) is 20.1 Å². The van der Waals surface area contributed by atoms with E-state index in [1.807, 2.05) is 24.3 Å². The molecule has 1 aliphatic heterocycles. The summed E-state index contributed by atoms with van der Waals surface area (Å²) < 4.78 is 5.11. The van der Waals surface area contributed by atoms with Crippen LogP contribution in [0.3, 0.4) is 0 Å². The van der Waals surface area contributed by atoms with Crippen LogP contribution in [0.25, 0.3) is 0 Å².